The molecular formula is C11H24N2O2. The fraction of sp³-hybridized carbons (Fsp3) is 0.909. The molecule has 0 aliphatic rings. The molecule has 4 heteroatoms. The largest absolute Gasteiger partial charge is 0.380 e. The van der Waals surface area contributed by atoms with Gasteiger partial charge in [-0.3, -0.25) is 4.79 Å². The van der Waals surface area contributed by atoms with Crippen LogP contribution in [-0.2, 0) is 9.53 Å². The lowest BCUT2D eigenvalue weighted by atomic mass is 10.0. The topological polar surface area (TPSA) is 55.6 Å². The summed E-state index contributed by atoms with van der Waals surface area (Å²) in [6.45, 7) is 7.93. The van der Waals surface area contributed by atoms with Gasteiger partial charge in [0.1, 0.15) is 0 Å². The van der Waals surface area contributed by atoms with Crippen molar-refractivity contribution in [3.05, 3.63) is 0 Å². The highest BCUT2D eigenvalue weighted by molar-refractivity contribution is 5.81. The van der Waals surface area contributed by atoms with Gasteiger partial charge in [-0.15, -0.1) is 0 Å². The zero-order chi connectivity index (χ0) is 11.8. The van der Waals surface area contributed by atoms with E-state index in [1.807, 2.05) is 6.92 Å². The first-order chi connectivity index (χ1) is 6.99. The van der Waals surface area contributed by atoms with E-state index in [0.29, 0.717) is 25.7 Å². The highest BCUT2D eigenvalue weighted by Gasteiger charge is 2.18. The third kappa shape index (κ3) is 6.47. The lowest BCUT2D eigenvalue weighted by molar-refractivity contribution is -0.132. The van der Waals surface area contributed by atoms with Gasteiger partial charge in [0.25, 0.3) is 0 Å². The molecule has 0 aliphatic carbocycles. The van der Waals surface area contributed by atoms with E-state index in [1.54, 1.807) is 11.9 Å². The number of ether oxygens (including phenoxy) is 1. The number of amides is 1. The van der Waals surface area contributed by atoms with E-state index in [0.717, 1.165) is 6.42 Å². The van der Waals surface area contributed by atoms with Gasteiger partial charge in [0, 0.05) is 20.2 Å². The monoisotopic (exact) mass is 216 g/mol. The van der Waals surface area contributed by atoms with E-state index in [-0.39, 0.29) is 11.9 Å². The molecule has 1 unspecified atom stereocenters. The van der Waals surface area contributed by atoms with Crippen LogP contribution in [0.15, 0.2) is 0 Å². The Morgan fingerprint density at radius 3 is 2.53 bits per heavy atom. The second-order valence-electron chi connectivity index (χ2n) is 4.19. The molecule has 0 spiro atoms. The standard InChI is InChI=1S/C11H24N2O2/c1-5-15-7-6-13(4)11(14)10(12)8-9(2)3/h9-10H,5-8,12H2,1-4H3. The van der Waals surface area contributed by atoms with Crippen LogP contribution in [0.4, 0.5) is 0 Å². The molecule has 0 rings (SSSR count). The number of rotatable bonds is 7. The molecule has 1 amide bonds. The third-order valence-electron chi connectivity index (χ3n) is 2.19. The Morgan fingerprint density at radius 1 is 1.47 bits per heavy atom. The number of nitrogens with zero attached hydrogens (tertiary/aromatic N) is 1. The van der Waals surface area contributed by atoms with Crippen molar-refractivity contribution in [3.8, 4) is 0 Å². The Morgan fingerprint density at radius 2 is 2.07 bits per heavy atom. The summed E-state index contributed by atoms with van der Waals surface area (Å²) in [6.07, 6.45) is 0.734. The fourth-order valence-corrected chi connectivity index (χ4v) is 1.35. The zero-order valence-electron chi connectivity index (χ0n) is 10.3. The summed E-state index contributed by atoms with van der Waals surface area (Å²) in [5.41, 5.74) is 5.79. The average molecular weight is 216 g/mol. The summed E-state index contributed by atoms with van der Waals surface area (Å²) >= 11 is 0. The minimum Gasteiger partial charge on any atom is -0.380 e. The van der Waals surface area contributed by atoms with Gasteiger partial charge in [0.05, 0.1) is 12.6 Å². The molecule has 90 valence electrons. The lowest BCUT2D eigenvalue weighted by Crippen LogP contribution is -2.43. The Labute approximate surface area is 92.8 Å². The highest BCUT2D eigenvalue weighted by Crippen LogP contribution is 2.04. The molecule has 4 nitrogen and oxygen atoms in total. The fourth-order valence-electron chi connectivity index (χ4n) is 1.35. The molecule has 0 fully saturated rings. The maximum absolute atomic E-state index is 11.7. The first-order valence-corrected chi connectivity index (χ1v) is 5.57. The predicted molar refractivity (Wildman–Crippen MR) is 61.6 cm³/mol. The van der Waals surface area contributed by atoms with E-state index in [2.05, 4.69) is 13.8 Å². The Kier molecular flexibility index (Phi) is 7.34. The van der Waals surface area contributed by atoms with E-state index >= 15 is 0 Å². The van der Waals surface area contributed by atoms with E-state index in [1.165, 1.54) is 0 Å². The summed E-state index contributed by atoms with van der Waals surface area (Å²) < 4.78 is 5.18. The van der Waals surface area contributed by atoms with Crippen molar-refractivity contribution in [3.63, 3.8) is 0 Å². The van der Waals surface area contributed by atoms with Gasteiger partial charge in [-0.05, 0) is 19.3 Å². The minimum absolute atomic E-state index is 0.00315. The van der Waals surface area contributed by atoms with E-state index in [4.69, 9.17) is 10.5 Å². The molecule has 0 saturated heterocycles. The quantitative estimate of drug-likeness (QED) is 0.642. The third-order valence-corrected chi connectivity index (χ3v) is 2.19. The first kappa shape index (κ1) is 14.4. The summed E-state index contributed by atoms with van der Waals surface area (Å²) in [4.78, 5) is 13.4. The van der Waals surface area contributed by atoms with Crippen LogP contribution in [0.1, 0.15) is 27.2 Å². The maximum atomic E-state index is 11.7. The van der Waals surface area contributed by atoms with Crippen molar-refractivity contribution in [1.82, 2.24) is 4.90 Å². The van der Waals surface area contributed by atoms with Gasteiger partial charge in [-0.1, -0.05) is 13.8 Å². The summed E-state index contributed by atoms with van der Waals surface area (Å²) in [6, 6.07) is -0.378. The second kappa shape index (κ2) is 7.65. The molecule has 0 saturated carbocycles. The van der Waals surface area contributed by atoms with Gasteiger partial charge in [0.2, 0.25) is 5.91 Å². The van der Waals surface area contributed by atoms with Crippen molar-refractivity contribution in [2.24, 2.45) is 11.7 Å². The predicted octanol–water partition coefficient (Wildman–Crippen LogP) is 0.855. The van der Waals surface area contributed by atoms with Gasteiger partial charge < -0.3 is 15.4 Å². The van der Waals surface area contributed by atoms with Crippen molar-refractivity contribution < 1.29 is 9.53 Å². The molecule has 2 N–H and O–H groups in total. The summed E-state index contributed by atoms with van der Waals surface area (Å²) in [5, 5.41) is 0. The zero-order valence-corrected chi connectivity index (χ0v) is 10.3. The van der Waals surface area contributed by atoms with Gasteiger partial charge in [-0.2, -0.15) is 0 Å². The van der Waals surface area contributed by atoms with Crippen LogP contribution in [0.5, 0.6) is 0 Å². The number of likely N-dealkylation sites (N-methyl/N-ethyl adjacent to an activating group) is 1. The molecule has 0 aromatic rings. The molecule has 0 aromatic heterocycles. The molecule has 1 atom stereocenters. The number of hydrogen-bond donors (Lipinski definition) is 1. The molecule has 15 heavy (non-hydrogen) atoms. The van der Waals surface area contributed by atoms with Crippen molar-refractivity contribution in [1.29, 1.82) is 0 Å². The van der Waals surface area contributed by atoms with Crippen LogP contribution in [0, 0.1) is 5.92 Å². The van der Waals surface area contributed by atoms with E-state index < -0.39 is 0 Å². The number of carbonyl (C=O) groups is 1. The molecule has 0 radical (unpaired) electrons. The molecule has 0 heterocycles. The SMILES string of the molecule is CCOCCN(C)C(=O)C(N)CC(C)C. The minimum atomic E-state index is -0.378. The molecule has 0 aromatic carbocycles. The summed E-state index contributed by atoms with van der Waals surface area (Å²) in [7, 11) is 1.77. The van der Waals surface area contributed by atoms with Crippen LogP contribution in [0.25, 0.3) is 0 Å². The summed E-state index contributed by atoms with van der Waals surface area (Å²) in [5.74, 6) is 0.452. The van der Waals surface area contributed by atoms with Gasteiger partial charge in [0.15, 0.2) is 0 Å². The average Bonchev–Trinajstić information content (AvgIpc) is 2.15. The van der Waals surface area contributed by atoms with Crippen molar-refractivity contribution in [2.75, 3.05) is 26.8 Å². The van der Waals surface area contributed by atoms with Crippen molar-refractivity contribution in [2.45, 2.75) is 33.2 Å². The van der Waals surface area contributed by atoms with E-state index in [9.17, 15) is 4.79 Å². The lowest BCUT2D eigenvalue weighted by Gasteiger charge is -2.22. The van der Waals surface area contributed by atoms with Gasteiger partial charge >= 0.3 is 0 Å². The first-order valence-electron chi connectivity index (χ1n) is 5.57. The van der Waals surface area contributed by atoms with Gasteiger partial charge in [-0.25, -0.2) is 0 Å². The Bertz CT molecular complexity index is 183. The Hall–Kier alpha value is -0.610. The normalized spacial score (nSPS) is 12.9. The van der Waals surface area contributed by atoms with Crippen molar-refractivity contribution >= 4 is 5.91 Å². The maximum Gasteiger partial charge on any atom is 0.239 e. The number of nitrogens with two attached hydrogens (primary N) is 1. The number of hydrogen-bond acceptors (Lipinski definition) is 3. The van der Waals surface area contributed by atoms with Crippen LogP contribution < -0.4 is 5.73 Å². The molecule has 0 bridgehead atoms. The second-order valence-corrected chi connectivity index (χ2v) is 4.19. The van der Waals surface area contributed by atoms with Crippen LogP contribution in [0.2, 0.25) is 0 Å². The molecule has 0 aliphatic heterocycles. The smallest absolute Gasteiger partial charge is 0.239 e. The van der Waals surface area contributed by atoms with Crippen LogP contribution >= 0.6 is 0 Å². The van der Waals surface area contributed by atoms with Crippen LogP contribution in [-0.4, -0.2) is 43.7 Å². The Balaban J connectivity index is 3.85. The highest BCUT2D eigenvalue weighted by atomic mass is 16.5. The number of carbonyl (C=O) groups excluding carboxylic acids is 1. The molecular weight excluding hydrogens is 192 g/mol. The van der Waals surface area contributed by atoms with Crippen LogP contribution in [0.3, 0.4) is 0 Å².